The van der Waals surface area contributed by atoms with Crippen LogP contribution in [0, 0.1) is 12.8 Å². The Morgan fingerprint density at radius 3 is 2.62 bits per heavy atom. The summed E-state index contributed by atoms with van der Waals surface area (Å²) in [7, 11) is 0. The Hall–Kier alpha value is -2.95. The van der Waals surface area contributed by atoms with E-state index in [2.05, 4.69) is 22.4 Å². The average Bonchev–Trinajstić information content (AvgIpc) is 2.76. The zero-order valence-corrected chi connectivity index (χ0v) is 16.8. The van der Waals surface area contributed by atoms with Gasteiger partial charge in [-0.05, 0) is 42.9 Å². The zero-order valence-electron chi connectivity index (χ0n) is 16.8. The fraction of sp³-hybridized carbons (Fsp3) is 0.375. The lowest BCUT2D eigenvalue weighted by Crippen LogP contribution is -2.38. The van der Waals surface area contributed by atoms with E-state index in [0.29, 0.717) is 16.8 Å². The second-order valence-corrected chi connectivity index (χ2v) is 8.00. The van der Waals surface area contributed by atoms with Gasteiger partial charge in [-0.1, -0.05) is 61.7 Å². The number of nitrogens with zero attached hydrogens (tertiary/aromatic N) is 2. The Morgan fingerprint density at radius 1 is 1.10 bits per heavy atom. The molecule has 0 saturated heterocycles. The molecule has 1 N–H and O–H groups in total. The number of aryl methyl sites for hydroxylation is 1. The quantitative estimate of drug-likeness (QED) is 0.713. The first kappa shape index (κ1) is 19.4. The maximum atomic E-state index is 12.9. The van der Waals surface area contributed by atoms with E-state index in [1.807, 2.05) is 37.3 Å². The smallest absolute Gasteiger partial charge is 0.261 e. The van der Waals surface area contributed by atoms with Gasteiger partial charge >= 0.3 is 0 Å². The molecule has 0 spiro atoms. The number of nitrogens with one attached hydrogen (secondary N) is 1. The summed E-state index contributed by atoms with van der Waals surface area (Å²) in [6, 6.07) is 15.7. The van der Waals surface area contributed by atoms with E-state index >= 15 is 0 Å². The largest absolute Gasteiger partial charge is 0.347 e. The molecule has 3 aromatic rings. The molecule has 5 nitrogen and oxygen atoms in total. The molecule has 1 amide bonds. The third-order valence-electron chi connectivity index (χ3n) is 5.97. The Kier molecular flexibility index (Phi) is 5.74. The number of benzene rings is 2. The molecule has 4 rings (SSSR count). The van der Waals surface area contributed by atoms with E-state index in [-0.39, 0.29) is 24.1 Å². The van der Waals surface area contributed by atoms with E-state index in [1.165, 1.54) is 30.2 Å². The molecule has 5 heteroatoms. The van der Waals surface area contributed by atoms with E-state index in [9.17, 15) is 9.59 Å². The van der Waals surface area contributed by atoms with Crippen LogP contribution in [0.25, 0.3) is 10.9 Å². The molecule has 1 atom stereocenters. The minimum atomic E-state index is -0.178. The molecule has 0 bridgehead atoms. The van der Waals surface area contributed by atoms with Gasteiger partial charge < -0.3 is 5.32 Å². The lowest BCUT2D eigenvalue weighted by Gasteiger charge is -2.31. The molecular weight excluding hydrogens is 362 g/mol. The van der Waals surface area contributed by atoms with Gasteiger partial charge in [0.15, 0.2) is 0 Å². The molecule has 1 aliphatic rings. The summed E-state index contributed by atoms with van der Waals surface area (Å²) in [5, 5.41) is 3.76. The highest BCUT2D eigenvalue weighted by Crippen LogP contribution is 2.34. The van der Waals surface area contributed by atoms with Crippen LogP contribution >= 0.6 is 0 Å². The van der Waals surface area contributed by atoms with Crippen LogP contribution in [0.15, 0.2) is 59.7 Å². The van der Waals surface area contributed by atoms with Crippen LogP contribution in [0.2, 0.25) is 0 Å². The number of para-hydroxylation sites is 1. The Labute approximate surface area is 170 Å². The second kappa shape index (κ2) is 8.60. The SMILES string of the molecule is Cc1cccc2c(=O)n(CC(=O)NC(c3ccccc3)C3CCCCC3)cnc12. The van der Waals surface area contributed by atoms with Crippen molar-refractivity contribution in [3.8, 4) is 0 Å². The first-order chi connectivity index (χ1) is 14.1. The number of aromatic nitrogens is 2. The standard InChI is InChI=1S/C24H27N3O2/c1-17-9-8-14-20-22(17)25-16-27(24(20)29)15-21(28)26-23(18-10-4-2-5-11-18)19-12-6-3-7-13-19/h2,4-5,8-11,14,16,19,23H,3,6-7,12-13,15H2,1H3,(H,26,28). The minimum absolute atomic E-state index is 0.0182. The Bertz CT molecular complexity index is 1050. The molecule has 1 saturated carbocycles. The highest BCUT2D eigenvalue weighted by Gasteiger charge is 2.26. The van der Waals surface area contributed by atoms with Gasteiger partial charge in [0.05, 0.1) is 23.3 Å². The average molecular weight is 389 g/mol. The molecule has 1 aliphatic carbocycles. The van der Waals surface area contributed by atoms with E-state index in [1.54, 1.807) is 6.07 Å². The summed E-state index contributed by atoms with van der Waals surface area (Å²) in [5.41, 5.74) is 2.60. The summed E-state index contributed by atoms with van der Waals surface area (Å²) < 4.78 is 1.40. The Morgan fingerprint density at radius 2 is 1.86 bits per heavy atom. The van der Waals surface area contributed by atoms with Crippen molar-refractivity contribution in [3.63, 3.8) is 0 Å². The van der Waals surface area contributed by atoms with Crippen LogP contribution < -0.4 is 10.9 Å². The summed E-state index contributed by atoms with van der Waals surface area (Å²) in [6.07, 6.45) is 7.40. The monoisotopic (exact) mass is 389 g/mol. The summed E-state index contributed by atoms with van der Waals surface area (Å²) >= 11 is 0. The van der Waals surface area contributed by atoms with Crippen LogP contribution in [-0.4, -0.2) is 15.5 Å². The predicted octanol–water partition coefficient (Wildman–Crippen LogP) is 4.14. The topological polar surface area (TPSA) is 64.0 Å². The number of amides is 1. The van der Waals surface area contributed by atoms with Gasteiger partial charge in [-0.3, -0.25) is 14.2 Å². The maximum Gasteiger partial charge on any atom is 0.261 e. The van der Waals surface area contributed by atoms with Gasteiger partial charge in [0, 0.05) is 0 Å². The van der Waals surface area contributed by atoms with E-state index < -0.39 is 0 Å². The Balaban J connectivity index is 1.56. The summed E-state index contributed by atoms with van der Waals surface area (Å²) in [5.74, 6) is 0.282. The van der Waals surface area contributed by atoms with Crippen molar-refractivity contribution < 1.29 is 4.79 Å². The lowest BCUT2D eigenvalue weighted by molar-refractivity contribution is -0.123. The maximum absolute atomic E-state index is 12.9. The molecule has 150 valence electrons. The molecule has 1 heterocycles. The van der Waals surface area contributed by atoms with Crippen LogP contribution in [0.3, 0.4) is 0 Å². The number of carbonyl (C=O) groups is 1. The van der Waals surface area contributed by atoms with Crippen molar-refractivity contribution in [1.82, 2.24) is 14.9 Å². The van der Waals surface area contributed by atoms with Gasteiger partial charge in [0.2, 0.25) is 5.91 Å². The van der Waals surface area contributed by atoms with Gasteiger partial charge in [-0.15, -0.1) is 0 Å². The number of fused-ring (bicyclic) bond motifs is 1. The predicted molar refractivity (Wildman–Crippen MR) is 115 cm³/mol. The van der Waals surface area contributed by atoms with Crippen LogP contribution in [0.1, 0.15) is 49.3 Å². The molecule has 0 aliphatic heterocycles. The van der Waals surface area contributed by atoms with Gasteiger partial charge in [-0.2, -0.15) is 0 Å². The minimum Gasteiger partial charge on any atom is -0.347 e. The first-order valence-corrected chi connectivity index (χ1v) is 10.4. The number of hydrogen-bond donors (Lipinski definition) is 1. The zero-order chi connectivity index (χ0) is 20.2. The van der Waals surface area contributed by atoms with Gasteiger partial charge in [-0.25, -0.2) is 4.98 Å². The van der Waals surface area contributed by atoms with Crippen LogP contribution in [0.4, 0.5) is 0 Å². The highest BCUT2D eigenvalue weighted by atomic mass is 16.2. The third-order valence-corrected chi connectivity index (χ3v) is 5.97. The van der Waals surface area contributed by atoms with E-state index in [4.69, 9.17) is 0 Å². The second-order valence-electron chi connectivity index (χ2n) is 8.00. The fourth-order valence-corrected chi connectivity index (χ4v) is 4.43. The number of carbonyl (C=O) groups excluding carboxylic acids is 1. The van der Waals surface area contributed by atoms with Crippen LogP contribution in [-0.2, 0) is 11.3 Å². The third kappa shape index (κ3) is 4.24. The molecule has 1 fully saturated rings. The van der Waals surface area contributed by atoms with Crippen molar-refractivity contribution in [2.24, 2.45) is 5.92 Å². The van der Waals surface area contributed by atoms with Crippen molar-refractivity contribution >= 4 is 16.8 Å². The van der Waals surface area contributed by atoms with E-state index in [0.717, 1.165) is 24.0 Å². The molecular formula is C24H27N3O2. The first-order valence-electron chi connectivity index (χ1n) is 10.4. The van der Waals surface area contributed by atoms with Gasteiger partial charge in [0.1, 0.15) is 6.54 Å². The molecule has 2 aromatic carbocycles. The summed E-state index contributed by atoms with van der Waals surface area (Å²) in [4.78, 5) is 30.1. The highest BCUT2D eigenvalue weighted by molar-refractivity contribution is 5.81. The summed E-state index contributed by atoms with van der Waals surface area (Å²) in [6.45, 7) is 1.91. The number of hydrogen-bond acceptors (Lipinski definition) is 3. The van der Waals surface area contributed by atoms with Crippen LogP contribution in [0.5, 0.6) is 0 Å². The number of rotatable bonds is 5. The normalized spacial score (nSPS) is 15.9. The van der Waals surface area contributed by atoms with Crippen molar-refractivity contribution in [2.75, 3.05) is 0 Å². The van der Waals surface area contributed by atoms with Gasteiger partial charge in [0.25, 0.3) is 5.56 Å². The fourth-order valence-electron chi connectivity index (χ4n) is 4.43. The molecule has 1 unspecified atom stereocenters. The van der Waals surface area contributed by atoms with Crippen molar-refractivity contribution in [3.05, 3.63) is 76.3 Å². The molecule has 1 aromatic heterocycles. The molecule has 0 radical (unpaired) electrons. The lowest BCUT2D eigenvalue weighted by atomic mass is 9.81. The molecule has 29 heavy (non-hydrogen) atoms. The van der Waals surface area contributed by atoms with Crippen molar-refractivity contribution in [2.45, 2.75) is 51.6 Å². The van der Waals surface area contributed by atoms with Crippen molar-refractivity contribution in [1.29, 1.82) is 0 Å².